The van der Waals surface area contributed by atoms with Crippen molar-refractivity contribution in [3.8, 4) is 5.82 Å². The van der Waals surface area contributed by atoms with Gasteiger partial charge in [-0.2, -0.15) is 0 Å². The Labute approximate surface area is 106 Å². The smallest absolute Gasteiger partial charge is 0.146 e. The lowest BCUT2D eigenvalue weighted by molar-refractivity contribution is 0.653. The zero-order valence-corrected chi connectivity index (χ0v) is 10.8. The van der Waals surface area contributed by atoms with Crippen LogP contribution in [0.2, 0.25) is 0 Å². The summed E-state index contributed by atoms with van der Waals surface area (Å²) in [4.78, 5) is 13.2. The highest BCUT2D eigenvalue weighted by molar-refractivity contribution is 5.49. The van der Waals surface area contributed by atoms with Crippen molar-refractivity contribution < 1.29 is 0 Å². The van der Waals surface area contributed by atoms with E-state index in [0.29, 0.717) is 11.6 Å². The molecule has 5 nitrogen and oxygen atoms in total. The summed E-state index contributed by atoms with van der Waals surface area (Å²) in [6, 6.07) is 0. The number of anilines is 1. The SMILES string of the molecule is Cc1nc(N)c(C)c(-n2cnc3c2CCCC3)n1. The maximum atomic E-state index is 5.92. The number of nitrogen functional groups attached to an aromatic ring is 1. The number of fused-ring (bicyclic) bond motifs is 1. The molecule has 0 amide bonds. The van der Waals surface area contributed by atoms with E-state index in [1.165, 1.54) is 24.2 Å². The van der Waals surface area contributed by atoms with Crippen LogP contribution in [0.4, 0.5) is 5.82 Å². The van der Waals surface area contributed by atoms with Gasteiger partial charge in [-0.1, -0.05) is 0 Å². The van der Waals surface area contributed by atoms with Gasteiger partial charge in [0.15, 0.2) is 0 Å². The third-order valence-electron chi connectivity index (χ3n) is 3.53. The fourth-order valence-corrected chi connectivity index (χ4v) is 2.52. The van der Waals surface area contributed by atoms with Gasteiger partial charge in [-0.25, -0.2) is 15.0 Å². The molecule has 0 atom stereocenters. The zero-order chi connectivity index (χ0) is 12.7. The maximum absolute atomic E-state index is 5.92. The van der Waals surface area contributed by atoms with E-state index in [4.69, 9.17) is 5.73 Å². The molecule has 2 aromatic rings. The lowest BCUT2D eigenvalue weighted by Gasteiger charge is -2.15. The topological polar surface area (TPSA) is 69.6 Å². The number of rotatable bonds is 1. The molecule has 2 heterocycles. The van der Waals surface area contributed by atoms with Gasteiger partial charge in [0.1, 0.15) is 23.8 Å². The molecule has 3 rings (SSSR count). The van der Waals surface area contributed by atoms with Crippen molar-refractivity contribution >= 4 is 5.82 Å². The minimum Gasteiger partial charge on any atom is -0.383 e. The summed E-state index contributed by atoms with van der Waals surface area (Å²) in [5, 5.41) is 0. The van der Waals surface area contributed by atoms with E-state index in [9.17, 15) is 0 Å². The predicted octanol–water partition coefficient (Wildman–Crippen LogP) is 1.74. The molecule has 0 saturated carbocycles. The Morgan fingerprint density at radius 1 is 1.17 bits per heavy atom. The van der Waals surface area contributed by atoms with Crippen molar-refractivity contribution in [1.29, 1.82) is 0 Å². The van der Waals surface area contributed by atoms with E-state index in [1.807, 2.05) is 20.2 Å². The molecule has 0 saturated heterocycles. The summed E-state index contributed by atoms with van der Waals surface area (Å²) >= 11 is 0. The van der Waals surface area contributed by atoms with Crippen LogP contribution in [-0.4, -0.2) is 19.5 Å². The van der Waals surface area contributed by atoms with Crippen molar-refractivity contribution in [2.45, 2.75) is 39.5 Å². The predicted molar refractivity (Wildman–Crippen MR) is 69.7 cm³/mol. The first kappa shape index (κ1) is 11.2. The highest BCUT2D eigenvalue weighted by Crippen LogP contribution is 2.25. The first-order valence-corrected chi connectivity index (χ1v) is 6.33. The minimum absolute atomic E-state index is 0.552. The van der Waals surface area contributed by atoms with Gasteiger partial charge in [0.05, 0.1) is 5.69 Å². The van der Waals surface area contributed by atoms with Crippen molar-refractivity contribution in [1.82, 2.24) is 19.5 Å². The zero-order valence-electron chi connectivity index (χ0n) is 10.8. The molecule has 18 heavy (non-hydrogen) atoms. The Morgan fingerprint density at radius 3 is 2.78 bits per heavy atom. The number of aromatic nitrogens is 4. The second kappa shape index (κ2) is 4.08. The van der Waals surface area contributed by atoms with E-state index < -0.39 is 0 Å². The van der Waals surface area contributed by atoms with E-state index in [0.717, 1.165) is 24.2 Å². The Morgan fingerprint density at radius 2 is 1.94 bits per heavy atom. The fourth-order valence-electron chi connectivity index (χ4n) is 2.52. The van der Waals surface area contributed by atoms with Crippen LogP contribution >= 0.6 is 0 Å². The molecule has 0 spiro atoms. The molecule has 2 aromatic heterocycles. The van der Waals surface area contributed by atoms with Crippen molar-refractivity contribution in [2.75, 3.05) is 5.73 Å². The molecule has 0 fully saturated rings. The Hall–Kier alpha value is -1.91. The van der Waals surface area contributed by atoms with E-state index in [-0.39, 0.29) is 0 Å². The van der Waals surface area contributed by atoms with Gasteiger partial charge >= 0.3 is 0 Å². The summed E-state index contributed by atoms with van der Waals surface area (Å²) in [6.45, 7) is 3.82. The standard InChI is InChI=1S/C13H17N5/c1-8-12(14)16-9(2)17-13(8)18-7-15-10-5-3-4-6-11(10)18/h7H,3-6H2,1-2H3,(H2,14,16,17). The van der Waals surface area contributed by atoms with Gasteiger partial charge in [-0.3, -0.25) is 4.57 Å². The van der Waals surface area contributed by atoms with Crippen LogP contribution in [0.15, 0.2) is 6.33 Å². The van der Waals surface area contributed by atoms with Crippen LogP contribution in [0.3, 0.4) is 0 Å². The molecular weight excluding hydrogens is 226 g/mol. The molecule has 94 valence electrons. The van der Waals surface area contributed by atoms with Crippen molar-refractivity contribution in [3.05, 3.63) is 29.1 Å². The van der Waals surface area contributed by atoms with E-state index in [1.54, 1.807) is 0 Å². The molecule has 0 aliphatic heterocycles. The molecule has 1 aliphatic rings. The summed E-state index contributed by atoms with van der Waals surface area (Å²) in [5.74, 6) is 2.12. The Kier molecular flexibility index (Phi) is 2.54. The number of nitrogens with zero attached hydrogens (tertiary/aromatic N) is 4. The molecule has 0 aromatic carbocycles. The van der Waals surface area contributed by atoms with Crippen molar-refractivity contribution in [2.24, 2.45) is 0 Å². The van der Waals surface area contributed by atoms with Crippen LogP contribution in [-0.2, 0) is 12.8 Å². The van der Waals surface area contributed by atoms with Gasteiger partial charge in [0.25, 0.3) is 0 Å². The van der Waals surface area contributed by atoms with Gasteiger partial charge in [0, 0.05) is 11.3 Å². The second-order valence-electron chi connectivity index (χ2n) is 4.82. The largest absolute Gasteiger partial charge is 0.383 e. The number of nitrogens with two attached hydrogens (primary N) is 1. The second-order valence-corrected chi connectivity index (χ2v) is 4.82. The summed E-state index contributed by atoms with van der Waals surface area (Å²) in [7, 11) is 0. The van der Waals surface area contributed by atoms with Gasteiger partial charge < -0.3 is 5.73 Å². The van der Waals surface area contributed by atoms with Crippen LogP contribution in [0.1, 0.15) is 35.6 Å². The summed E-state index contributed by atoms with van der Waals surface area (Å²) in [6.07, 6.45) is 6.45. The number of imidazole rings is 1. The monoisotopic (exact) mass is 243 g/mol. The molecule has 0 unspecified atom stereocenters. The molecule has 1 aliphatic carbocycles. The lowest BCUT2D eigenvalue weighted by Crippen LogP contribution is -2.11. The number of hydrogen-bond donors (Lipinski definition) is 1. The van der Waals surface area contributed by atoms with E-state index >= 15 is 0 Å². The van der Waals surface area contributed by atoms with E-state index in [2.05, 4.69) is 19.5 Å². The number of hydrogen-bond acceptors (Lipinski definition) is 4. The third-order valence-corrected chi connectivity index (χ3v) is 3.53. The quantitative estimate of drug-likeness (QED) is 0.828. The van der Waals surface area contributed by atoms with Gasteiger partial charge in [-0.05, 0) is 39.5 Å². The first-order valence-electron chi connectivity index (χ1n) is 6.33. The summed E-state index contributed by atoms with van der Waals surface area (Å²) in [5.41, 5.74) is 9.32. The molecule has 5 heteroatoms. The highest BCUT2D eigenvalue weighted by Gasteiger charge is 2.18. The highest BCUT2D eigenvalue weighted by atomic mass is 15.1. The maximum Gasteiger partial charge on any atom is 0.146 e. The van der Waals surface area contributed by atoms with Gasteiger partial charge in [-0.15, -0.1) is 0 Å². The third kappa shape index (κ3) is 1.66. The average molecular weight is 243 g/mol. The van der Waals surface area contributed by atoms with Gasteiger partial charge in [0.2, 0.25) is 0 Å². The van der Waals surface area contributed by atoms with Crippen molar-refractivity contribution in [3.63, 3.8) is 0 Å². The van der Waals surface area contributed by atoms with Crippen LogP contribution in [0.5, 0.6) is 0 Å². The Balaban J connectivity index is 2.18. The molecule has 2 N–H and O–H groups in total. The average Bonchev–Trinajstić information content (AvgIpc) is 2.77. The Bertz CT molecular complexity index is 600. The lowest BCUT2D eigenvalue weighted by atomic mass is 10.0. The summed E-state index contributed by atoms with van der Waals surface area (Å²) < 4.78 is 2.08. The molecule has 0 radical (unpaired) electrons. The normalized spacial score (nSPS) is 14.6. The first-order chi connectivity index (χ1) is 8.66. The van der Waals surface area contributed by atoms with Crippen LogP contribution in [0, 0.1) is 13.8 Å². The minimum atomic E-state index is 0.552. The van der Waals surface area contributed by atoms with Crippen LogP contribution < -0.4 is 5.73 Å². The number of aryl methyl sites for hydroxylation is 2. The molecule has 0 bridgehead atoms. The fraction of sp³-hybridized carbons (Fsp3) is 0.462. The molecular formula is C13H17N5. The van der Waals surface area contributed by atoms with Crippen LogP contribution in [0.25, 0.3) is 5.82 Å².